The molecule has 114 valence electrons. The Hall–Kier alpha value is -1.88. The van der Waals surface area contributed by atoms with Crippen molar-refractivity contribution in [3.63, 3.8) is 0 Å². The fourth-order valence-electron chi connectivity index (χ4n) is 2.59. The van der Waals surface area contributed by atoms with Crippen molar-refractivity contribution in [1.29, 1.82) is 0 Å². The van der Waals surface area contributed by atoms with Gasteiger partial charge in [0, 0.05) is 6.04 Å². The third kappa shape index (κ3) is 4.86. The Kier molecular flexibility index (Phi) is 5.75. The Labute approximate surface area is 124 Å². The second kappa shape index (κ2) is 7.78. The number of aliphatic hydroxyl groups excluding tert-OH is 1. The maximum Gasteiger partial charge on any atom is 0.245 e. The van der Waals surface area contributed by atoms with Crippen molar-refractivity contribution in [3.8, 4) is 0 Å². The molecule has 2 rings (SSSR count). The Morgan fingerprint density at radius 3 is 2.48 bits per heavy atom. The zero-order valence-electron chi connectivity index (χ0n) is 12.0. The van der Waals surface area contributed by atoms with Crippen molar-refractivity contribution >= 4 is 11.8 Å². The molecule has 5 nitrogen and oxygen atoms in total. The van der Waals surface area contributed by atoms with E-state index in [1.807, 2.05) is 30.3 Å². The highest BCUT2D eigenvalue weighted by Crippen LogP contribution is 2.17. The van der Waals surface area contributed by atoms with E-state index in [2.05, 4.69) is 10.6 Å². The molecule has 0 spiro atoms. The second-order valence-electron chi connectivity index (χ2n) is 5.46. The zero-order chi connectivity index (χ0) is 15.1. The maximum absolute atomic E-state index is 12.0. The highest BCUT2D eigenvalue weighted by Gasteiger charge is 2.24. The van der Waals surface area contributed by atoms with E-state index in [0.29, 0.717) is 0 Å². The van der Waals surface area contributed by atoms with E-state index in [1.54, 1.807) is 0 Å². The number of hydrogen-bond donors (Lipinski definition) is 3. The molecule has 0 aliphatic heterocycles. The lowest BCUT2D eigenvalue weighted by Crippen LogP contribution is -2.51. The molecule has 21 heavy (non-hydrogen) atoms. The minimum Gasteiger partial charge on any atom is -0.394 e. The monoisotopic (exact) mass is 290 g/mol. The van der Waals surface area contributed by atoms with Crippen LogP contribution in [0.5, 0.6) is 0 Å². The van der Waals surface area contributed by atoms with Gasteiger partial charge in [0.25, 0.3) is 0 Å². The zero-order valence-corrected chi connectivity index (χ0v) is 12.0. The standard InChI is InChI=1S/C16H22N2O3/c19-11-14(16(21)17-13-8-4-5-9-13)18-15(20)10-12-6-2-1-3-7-12/h1-3,6-7,13-14,19H,4-5,8-11H2,(H,17,21)(H,18,20). The molecule has 1 aromatic carbocycles. The number of hydrogen-bond acceptors (Lipinski definition) is 3. The molecule has 0 heterocycles. The summed E-state index contributed by atoms with van der Waals surface area (Å²) in [5, 5.41) is 14.8. The molecule has 0 saturated heterocycles. The first-order chi connectivity index (χ1) is 10.2. The molecule has 5 heteroatoms. The first-order valence-corrected chi connectivity index (χ1v) is 7.43. The van der Waals surface area contributed by atoms with Gasteiger partial charge in [-0.3, -0.25) is 9.59 Å². The molecular weight excluding hydrogens is 268 g/mol. The number of carbonyl (C=O) groups excluding carboxylic acids is 2. The fraction of sp³-hybridized carbons (Fsp3) is 0.500. The summed E-state index contributed by atoms with van der Waals surface area (Å²) < 4.78 is 0. The van der Waals surface area contributed by atoms with Crippen LogP contribution in [-0.4, -0.2) is 35.6 Å². The third-order valence-corrected chi connectivity index (χ3v) is 3.74. The largest absolute Gasteiger partial charge is 0.394 e. The SMILES string of the molecule is O=C(Cc1ccccc1)NC(CO)C(=O)NC1CCCC1. The van der Waals surface area contributed by atoms with Crippen LogP contribution in [0, 0.1) is 0 Å². The number of carbonyl (C=O) groups is 2. The molecular formula is C16H22N2O3. The molecule has 1 unspecified atom stereocenters. The Balaban J connectivity index is 1.83. The molecule has 0 radical (unpaired) electrons. The summed E-state index contributed by atoms with van der Waals surface area (Å²) in [7, 11) is 0. The summed E-state index contributed by atoms with van der Waals surface area (Å²) in [6, 6.07) is 8.61. The minimum absolute atomic E-state index is 0.178. The Morgan fingerprint density at radius 1 is 1.19 bits per heavy atom. The normalized spacial score (nSPS) is 16.4. The van der Waals surface area contributed by atoms with Crippen molar-refractivity contribution in [3.05, 3.63) is 35.9 Å². The molecule has 2 amide bonds. The molecule has 1 fully saturated rings. The maximum atomic E-state index is 12.0. The topological polar surface area (TPSA) is 78.4 Å². The van der Waals surface area contributed by atoms with E-state index in [-0.39, 0.29) is 30.9 Å². The smallest absolute Gasteiger partial charge is 0.245 e. The number of rotatable bonds is 6. The van der Waals surface area contributed by atoms with Crippen molar-refractivity contribution in [2.45, 2.75) is 44.2 Å². The number of aliphatic hydroxyl groups is 1. The molecule has 1 aliphatic carbocycles. The third-order valence-electron chi connectivity index (χ3n) is 3.74. The first kappa shape index (κ1) is 15.5. The van der Waals surface area contributed by atoms with Gasteiger partial charge in [0.15, 0.2) is 0 Å². The average Bonchev–Trinajstić information content (AvgIpc) is 2.98. The van der Waals surface area contributed by atoms with Gasteiger partial charge in [-0.15, -0.1) is 0 Å². The van der Waals surface area contributed by atoms with Gasteiger partial charge >= 0.3 is 0 Å². The summed E-state index contributed by atoms with van der Waals surface area (Å²) in [6.07, 6.45) is 4.39. The predicted octanol–water partition coefficient (Wildman–Crippen LogP) is 0.765. The van der Waals surface area contributed by atoms with E-state index < -0.39 is 6.04 Å². The van der Waals surface area contributed by atoms with Gasteiger partial charge in [0.05, 0.1) is 13.0 Å². The summed E-state index contributed by atoms with van der Waals surface area (Å²) in [6.45, 7) is -0.390. The number of benzene rings is 1. The van der Waals surface area contributed by atoms with Gasteiger partial charge in [-0.25, -0.2) is 0 Å². The lowest BCUT2D eigenvalue weighted by Gasteiger charge is -2.19. The molecule has 1 atom stereocenters. The molecule has 1 aliphatic rings. The number of nitrogens with one attached hydrogen (secondary N) is 2. The van der Waals surface area contributed by atoms with Crippen LogP contribution in [-0.2, 0) is 16.0 Å². The fourth-order valence-corrected chi connectivity index (χ4v) is 2.59. The van der Waals surface area contributed by atoms with Crippen LogP contribution in [0.25, 0.3) is 0 Å². The predicted molar refractivity (Wildman–Crippen MR) is 79.6 cm³/mol. The summed E-state index contributed by atoms with van der Waals surface area (Å²) in [4.78, 5) is 24.0. The van der Waals surface area contributed by atoms with Crippen molar-refractivity contribution in [2.75, 3.05) is 6.61 Å². The number of amides is 2. The van der Waals surface area contributed by atoms with Crippen molar-refractivity contribution in [2.24, 2.45) is 0 Å². The molecule has 3 N–H and O–H groups in total. The summed E-state index contributed by atoms with van der Waals surface area (Å²) in [5.41, 5.74) is 0.878. The highest BCUT2D eigenvalue weighted by atomic mass is 16.3. The lowest BCUT2D eigenvalue weighted by molar-refractivity contribution is -0.130. The van der Waals surface area contributed by atoms with E-state index in [9.17, 15) is 14.7 Å². The Bertz CT molecular complexity index is 470. The first-order valence-electron chi connectivity index (χ1n) is 7.43. The van der Waals surface area contributed by atoms with Gasteiger partial charge in [-0.05, 0) is 18.4 Å². The lowest BCUT2D eigenvalue weighted by atomic mass is 10.1. The van der Waals surface area contributed by atoms with Crippen LogP contribution in [0.15, 0.2) is 30.3 Å². The van der Waals surface area contributed by atoms with Crippen LogP contribution in [0.3, 0.4) is 0 Å². The molecule has 0 bridgehead atoms. The van der Waals surface area contributed by atoms with Gasteiger partial charge in [0.1, 0.15) is 6.04 Å². The van der Waals surface area contributed by atoms with Gasteiger partial charge < -0.3 is 15.7 Å². The van der Waals surface area contributed by atoms with Crippen LogP contribution in [0.1, 0.15) is 31.2 Å². The van der Waals surface area contributed by atoms with Crippen molar-refractivity contribution < 1.29 is 14.7 Å². The van der Waals surface area contributed by atoms with E-state index in [4.69, 9.17) is 0 Å². The molecule has 1 saturated carbocycles. The van der Waals surface area contributed by atoms with E-state index >= 15 is 0 Å². The molecule has 1 aromatic rings. The van der Waals surface area contributed by atoms with Gasteiger partial charge in [0.2, 0.25) is 11.8 Å². The molecule has 0 aromatic heterocycles. The van der Waals surface area contributed by atoms with Crippen LogP contribution in [0.2, 0.25) is 0 Å². The van der Waals surface area contributed by atoms with Crippen molar-refractivity contribution in [1.82, 2.24) is 10.6 Å². The van der Waals surface area contributed by atoms with E-state index in [1.165, 1.54) is 0 Å². The quantitative estimate of drug-likeness (QED) is 0.724. The Morgan fingerprint density at radius 2 is 1.86 bits per heavy atom. The van der Waals surface area contributed by atoms with Gasteiger partial charge in [-0.2, -0.15) is 0 Å². The van der Waals surface area contributed by atoms with E-state index in [0.717, 1.165) is 31.2 Å². The van der Waals surface area contributed by atoms with Crippen LogP contribution in [0.4, 0.5) is 0 Å². The average molecular weight is 290 g/mol. The summed E-state index contributed by atoms with van der Waals surface area (Å²) in [5.74, 6) is -0.562. The van der Waals surface area contributed by atoms with Crippen LogP contribution >= 0.6 is 0 Å². The van der Waals surface area contributed by atoms with Gasteiger partial charge in [-0.1, -0.05) is 43.2 Å². The summed E-state index contributed by atoms with van der Waals surface area (Å²) >= 11 is 0. The second-order valence-corrected chi connectivity index (χ2v) is 5.46. The highest BCUT2D eigenvalue weighted by molar-refractivity contribution is 5.88. The van der Waals surface area contributed by atoms with Crippen LogP contribution < -0.4 is 10.6 Å². The minimum atomic E-state index is -0.873.